The van der Waals surface area contributed by atoms with E-state index in [2.05, 4.69) is 60.4 Å². The zero-order valence-electron chi connectivity index (χ0n) is 40.4. The van der Waals surface area contributed by atoms with E-state index in [1.165, 1.54) is 19.0 Å². The van der Waals surface area contributed by atoms with Gasteiger partial charge in [-0.15, -0.1) is 0 Å². The lowest BCUT2D eigenvalue weighted by Crippen LogP contribution is -2.60. The van der Waals surface area contributed by atoms with Crippen molar-refractivity contribution in [1.29, 1.82) is 0 Å². The fourth-order valence-corrected chi connectivity index (χ4v) is 15.4. The number of unbranched alkanes of at least 4 members (excludes halogenated alkanes) is 1. The van der Waals surface area contributed by atoms with Crippen molar-refractivity contribution in [1.82, 2.24) is 23.0 Å². The van der Waals surface area contributed by atoms with Crippen molar-refractivity contribution in [3.05, 3.63) is 125 Å². The zero-order chi connectivity index (χ0) is 48.7. The Morgan fingerprint density at radius 3 is 2.17 bits per heavy atom. The number of fused-ring (bicyclic) bond motifs is 1. The molecule has 17 heteroatoms. The average molecular weight is 998 g/mol. The van der Waals surface area contributed by atoms with Crippen LogP contribution in [0.2, 0.25) is 11.1 Å². The topological polar surface area (TPSA) is 141 Å². The van der Waals surface area contributed by atoms with Gasteiger partial charge in [-0.25, -0.2) is 4.79 Å². The first kappa shape index (κ1) is 50.3. The molecule has 0 saturated carbocycles. The Morgan fingerprint density at radius 1 is 0.884 bits per heavy atom. The van der Waals surface area contributed by atoms with E-state index in [1.54, 1.807) is 30.4 Å². The van der Waals surface area contributed by atoms with Crippen LogP contribution in [0.15, 0.2) is 97.1 Å². The molecule has 14 nitrogen and oxygen atoms in total. The highest BCUT2D eigenvalue weighted by molar-refractivity contribution is 7.86. The van der Waals surface area contributed by atoms with Gasteiger partial charge in [-0.2, -0.15) is 22.1 Å². The zero-order valence-corrected chi connectivity index (χ0v) is 43.0. The largest absolute Gasteiger partial charge is 0.487 e. The maximum Gasteiger partial charge on any atom is 0.352 e. The molecule has 0 bridgehead atoms. The molecule has 0 spiro atoms. The predicted molar refractivity (Wildman–Crippen MR) is 275 cm³/mol. The van der Waals surface area contributed by atoms with E-state index in [4.69, 9.17) is 35.3 Å². The summed E-state index contributed by atoms with van der Waals surface area (Å²) in [7, 11) is 0.647. The van der Waals surface area contributed by atoms with Gasteiger partial charge in [0.05, 0.1) is 22.8 Å². The van der Waals surface area contributed by atoms with Crippen molar-refractivity contribution < 1.29 is 37.0 Å². The number of aryl methyl sites for hydroxylation is 3. The van der Waals surface area contributed by atoms with E-state index >= 15 is 0 Å². The van der Waals surface area contributed by atoms with Crippen molar-refractivity contribution in [2.75, 3.05) is 58.4 Å². The number of carboxylic acids is 1. The molecule has 0 aliphatic carbocycles. The highest BCUT2D eigenvalue weighted by Gasteiger charge is 2.39. The highest BCUT2D eigenvalue weighted by Crippen LogP contribution is 2.43. The number of benzene rings is 4. The van der Waals surface area contributed by atoms with Crippen molar-refractivity contribution >= 4 is 63.1 Å². The van der Waals surface area contributed by atoms with Gasteiger partial charge in [-0.1, -0.05) is 98.1 Å². The molecule has 2 saturated heterocycles. The molecule has 1 N–H and O–H groups in total. The van der Waals surface area contributed by atoms with Crippen LogP contribution in [0.5, 0.6) is 5.75 Å². The molecule has 2 aromatic heterocycles. The van der Waals surface area contributed by atoms with Crippen LogP contribution in [0.4, 0.5) is 5.69 Å². The number of aromatic nitrogens is 3. The molecule has 0 amide bonds. The number of ether oxygens (including phenoxy) is 3. The van der Waals surface area contributed by atoms with E-state index in [-0.39, 0.29) is 25.2 Å². The molecule has 2 aliphatic heterocycles. The summed E-state index contributed by atoms with van der Waals surface area (Å²) in [5, 5.41) is 19.6. The summed E-state index contributed by atoms with van der Waals surface area (Å²) in [6.07, 6.45) is 5.59. The minimum absolute atomic E-state index is 0.0864. The van der Waals surface area contributed by atoms with Crippen LogP contribution in [0.3, 0.4) is 0 Å². The number of rotatable bonds is 21. The molecular weight excluding hydrogens is 932 g/mol. The van der Waals surface area contributed by atoms with Gasteiger partial charge < -0.3 is 33.2 Å². The monoisotopic (exact) mass is 996 g/mol. The highest BCUT2D eigenvalue weighted by atomic mass is 35.5. The standard InChI is InChI=1S/C52H65ClN6O8SSi/c1-6-7-35-69(40-17-10-8-11-18-40,41-19-12-9-13-20-41)67-34-16-21-42-43-27-28-44(53)48(50(43)56(4)51(42)52(60)61)49-45(54-57(5)46(49)37-66-47-22-14-15-33-64-47)36-65-39-25-23-38(24-26-39)58-29-31-59(32-30-58)68(62,63)55(2)3/h8-13,17-20,23-28,47H,6-7,14-16,21-22,29-37H2,1-5H3,(H,60,61). The van der Waals surface area contributed by atoms with Crippen molar-refractivity contribution in [2.24, 2.45) is 14.1 Å². The van der Waals surface area contributed by atoms with Crippen LogP contribution >= 0.6 is 11.6 Å². The quantitative estimate of drug-likeness (QED) is 0.0558. The van der Waals surface area contributed by atoms with Crippen LogP contribution in [0.1, 0.15) is 72.9 Å². The molecule has 368 valence electrons. The number of piperazine rings is 1. The van der Waals surface area contributed by atoms with Crippen LogP contribution in [-0.2, 0) is 57.8 Å². The summed E-state index contributed by atoms with van der Waals surface area (Å²) in [4.78, 5) is 15.5. The lowest BCUT2D eigenvalue weighted by Gasteiger charge is -2.36. The molecule has 2 aliphatic rings. The first-order valence-corrected chi connectivity index (χ1v) is 27.9. The first-order valence-electron chi connectivity index (χ1n) is 24.1. The third-order valence-corrected chi connectivity index (χ3v) is 20.1. The van der Waals surface area contributed by atoms with E-state index in [0.717, 1.165) is 66.0 Å². The number of carboxylic acid groups (broad SMARTS) is 1. The molecule has 2 fully saturated rings. The van der Waals surface area contributed by atoms with Gasteiger partial charge in [0.25, 0.3) is 18.5 Å². The summed E-state index contributed by atoms with van der Waals surface area (Å²) in [6, 6.07) is 33.7. The number of carbonyl (C=O) groups is 1. The molecule has 8 rings (SSSR count). The first-order chi connectivity index (χ1) is 33.3. The maximum atomic E-state index is 13.3. The SMILES string of the molecule is CCCC[Si](OCCCc1c(C(=O)O)n(C)c2c(-c3c(COc4ccc(N5CCN(S(=O)(=O)N(C)C)CC5)cc4)nn(C)c3COC3CCCCO3)c(Cl)ccc12)(c1ccccc1)c1ccccc1. The van der Waals surface area contributed by atoms with E-state index in [9.17, 15) is 18.3 Å². The molecule has 1 atom stereocenters. The Balaban J connectivity index is 1.09. The van der Waals surface area contributed by atoms with Gasteiger partial charge >= 0.3 is 5.97 Å². The molecule has 69 heavy (non-hydrogen) atoms. The molecule has 4 aromatic carbocycles. The number of aromatic carboxylic acids is 1. The van der Waals surface area contributed by atoms with Gasteiger partial charge in [0, 0.05) is 89.8 Å². The average Bonchev–Trinajstić information content (AvgIpc) is 3.84. The lowest BCUT2D eigenvalue weighted by molar-refractivity contribution is -0.169. The molecule has 1 unspecified atom stereocenters. The summed E-state index contributed by atoms with van der Waals surface area (Å²) < 4.78 is 57.7. The Morgan fingerprint density at radius 2 is 1.57 bits per heavy atom. The molecular formula is C52H65ClN6O8SSi. The second-order valence-electron chi connectivity index (χ2n) is 18.1. The van der Waals surface area contributed by atoms with Crippen LogP contribution < -0.4 is 20.0 Å². The summed E-state index contributed by atoms with van der Waals surface area (Å²) in [6.45, 7) is 5.49. The van der Waals surface area contributed by atoms with Crippen molar-refractivity contribution in [3.63, 3.8) is 0 Å². The van der Waals surface area contributed by atoms with Crippen molar-refractivity contribution in [2.45, 2.75) is 77.4 Å². The molecule has 0 radical (unpaired) electrons. The van der Waals surface area contributed by atoms with Gasteiger partial charge in [0.2, 0.25) is 0 Å². The second kappa shape index (κ2) is 22.4. The number of anilines is 1. The number of hydrogen-bond acceptors (Lipinski definition) is 9. The summed E-state index contributed by atoms with van der Waals surface area (Å²) in [5.41, 5.74) is 5.31. The Kier molecular flexibility index (Phi) is 16.3. The van der Waals surface area contributed by atoms with Crippen LogP contribution in [0.25, 0.3) is 22.0 Å². The van der Waals surface area contributed by atoms with Gasteiger partial charge in [0.15, 0.2) is 6.29 Å². The Labute approximate surface area is 412 Å². The van der Waals surface area contributed by atoms with E-state index in [1.807, 2.05) is 55.6 Å². The predicted octanol–water partition coefficient (Wildman–Crippen LogP) is 7.99. The van der Waals surface area contributed by atoms with Gasteiger partial charge in [-0.3, -0.25) is 4.68 Å². The second-order valence-corrected chi connectivity index (χ2v) is 24.2. The fraction of sp³-hybridized carbons (Fsp3) is 0.423. The Hall–Kier alpha value is -5.04. The van der Waals surface area contributed by atoms with Crippen LogP contribution in [-0.4, -0.2) is 111 Å². The Bertz CT molecular complexity index is 2750. The van der Waals surface area contributed by atoms with Crippen LogP contribution in [0, 0.1) is 0 Å². The summed E-state index contributed by atoms with van der Waals surface area (Å²) in [5.74, 6) is -0.400. The maximum absolute atomic E-state index is 13.3. The van der Waals surface area contributed by atoms with E-state index < -0.39 is 24.5 Å². The summed E-state index contributed by atoms with van der Waals surface area (Å²) >= 11 is 7.28. The third-order valence-electron chi connectivity index (χ3n) is 13.5. The number of halogens is 1. The molecule has 6 aromatic rings. The molecule has 4 heterocycles. The third kappa shape index (κ3) is 10.8. The fourth-order valence-electron chi connectivity index (χ4n) is 9.90. The smallest absolute Gasteiger partial charge is 0.352 e. The van der Waals surface area contributed by atoms with E-state index in [0.29, 0.717) is 79.8 Å². The van der Waals surface area contributed by atoms with Gasteiger partial charge in [-0.05, 0) is 84.4 Å². The lowest BCUT2D eigenvalue weighted by atomic mass is 9.98. The number of nitrogens with zero attached hydrogens (tertiary/aromatic N) is 6. The minimum Gasteiger partial charge on any atom is -0.487 e. The minimum atomic E-state index is -3.47. The number of hydrogen-bond donors (Lipinski definition) is 1. The van der Waals surface area contributed by atoms with Gasteiger partial charge in [0.1, 0.15) is 23.7 Å². The normalized spacial score (nSPS) is 16.2. The van der Waals surface area contributed by atoms with Crippen molar-refractivity contribution in [3.8, 4) is 16.9 Å².